The van der Waals surface area contributed by atoms with Gasteiger partial charge in [0.15, 0.2) is 21.8 Å². The highest BCUT2D eigenvalue weighted by Crippen LogP contribution is 2.59. The normalized spacial score (nSPS) is 34.1. The monoisotopic (exact) mass is 634 g/mol. The summed E-state index contributed by atoms with van der Waals surface area (Å²) in [6.45, 7) is 34.0. The molecule has 7 heteroatoms. The fourth-order valence-corrected chi connectivity index (χ4v) is 11.1. The summed E-state index contributed by atoms with van der Waals surface area (Å²) in [6.07, 6.45) is 10.2. The SMILES string of the molecule is C=C1C(=CC=C2CCC[C@]3(C)[C@@H]([C@H](C)SC(C)=O)C(O)C[C@@H]23)CC(O[Si](C)(C)C(C)(C)C)CC1O[Si](C)(C)C(C)(C)C. The Morgan fingerprint density at radius 3 is 2.17 bits per heavy atom. The molecule has 0 aromatic heterocycles. The summed E-state index contributed by atoms with van der Waals surface area (Å²) in [5, 5.41) is 11.8. The van der Waals surface area contributed by atoms with Gasteiger partial charge in [0.25, 0.3) is 0 Å². The Morgan fingerprint density at radius 2 is 1.62 bits per heavy atom. The van der Waals surface area contributed by atoms with Crippen LogP contribution in [0, 0.1) is 17.3 Å². The van der Waals surface area contributed by atoms with E-state index in [1.807, 2.05) is 0 Å². The van der Waals surface area contributed by atoms with Crippen molar-refractivity contribution in [3.63, 3.8) is 0 Å². The average molecular weight is 635 g/mol. The van der Waals surface area contributed by atoms with E-state index >= 15 is 0 Å². The summed E-state index contributed by atoms with van der Waals surface area (Å²) in [5.74, 6) is 0.468. The van der Waals surface area contributed by atoms with Gasteiger partial charge >= 0.3 is 0 Å². The third-order valence-corrected chi connectivity index (χ3v) is 21.7. The Morgan fingerprint density at radius 1 is 1.05 bits per heavy atom. The molecule has 0 saturated heterocycles. The lowest BCUT2D eigenvalue weighted by atomic mass is 9.63. The second-order valence-corrected chi connectivity index (χ2v) is 27.9. The Hall–Kier alpha value is -0.446. The maximum Gasteiger partial charge on any atom is 0.192 e. The quantitative estimate of drug-likeness (QED) is 0.283. The molecule has 0 aliphatic heterocycles. The van der Waals surface area contributed by atoms with Gasteiger partial charge in [-0.05, 0) is 90.8 Å². The van der Waals surface area contributed by atoms with Crippen LogP contribution in [0.25, 0.3) is 0 Å². The number of aliphatic hydroxyl groups is 1. The lowest BCUT2D eigenvalue weighted by molar-refractivity contribution is -0.109. The van der Waals surface area contributed by atoms with Crippen molar-refractivity contribution in [3.05, 3.63) is 35.5 Å². The molecule has 3 saturated carbocycles. The molecule has 0 spiro atoms. The lowest BCUT2D eigenvalue weighted by Crippen LogP contribution is -2.49. The van der Waals surface area contributed by atoms with Gasteiger partial charge in [-0.15, -0.1) is 0 Å². The topological polar surface area (TPSA) is 55.8 Å². The van der Waals surface area contributed by atoms with E-state index < -0.39 is 16.6 Å². The summed E-state index contributed by atoms with van der Waals surface area (Å²) in [7, 11) is -3.97. The van der Waals surface area contributed by atoms with E-state index in [0.717, 1.165) is 44.1 Å². The highest BCUT2D eigenvalue weighted by molar-refractivity contribution is 8.14. The third-order valence-electron chi connectivity index (χ3n) is 11.7. The number of carbonyl (C=O) groups excluding carboxylic acids is 1. The Bertz CT molecular complexity index is 1080. The predicted octanol–water partition coefficient (Wildman–Crippen LogP) is 9.83. The van der Waals surface area contributed by atoms with Gasteiger partial charge in [0, 0.05) is 24.5 Å². The second-order valence-electron chi connectivity index (χ2n) is 16.8. The molecule has 3 aliphatic carbocycles. The maximum atomic E-state index is 11.9. The smallest absolute Gasteiger partial charge is 0.192 e. The van der Waals surface area contributed by atoms with Crippen molar-refractivity contribution < 1.29 is 18.8 Å². The molecular formula is C35H62O4SSi2. The van der Waals surface area contributed by atoms with Gasteiger partial charge in [-0.1, -0.05) is 91.5 Å². The largest absolute Gasteiger partial charge is 0.413 e. The van der Waals surface area contributed by atoms with Gasteiger partial charge < -0.3 is 14.0 Å². The molecule has 0 aromatic rings. The molecule has 0 radical (unpaired) electrons. The first-order valence-electron chi connectivity index (χ1n) is 16.3. The highest BCUT2D eigenvalue weighted by atomic mass is 32.2. The Kier molecular flexibility index (Phi) is 10.9. The van der Waals surface area contributed by atoms with Gasteiger partial charge in [0.2, 0.25) is 0 Å². The summed E-state index contributed by atoms with van der Waals surface area (Å²) < 4.78 is 14.1. The van der Waals surface area contributed by atoms with E-state index in [0.29, 0.717) is 5.92 Å². The van der Waals surface area contributed by atoms with E-state index in [9.17, 15) is 9.90 Å². The number of fused-ring (bicyclic) bond motifs is 1. The molecule has 0 amide bonds. The van der Waals surface area contributed by atoms with Crippen molar-refractivity contribution in [2.24, 2.45) is 17.3 Å². The minimum Gasteiger partial charge on any atom is -0.413 e. The van der Waals surface area contributed by atoms with Crippen LogP contribution in [0.1, 0.15) is 101 Å². The van der Waals surface area contributed by atoms with Gasteiger partial charge in [-0.2, -0.15) is 0 Å². The van der Waals surface area contributed by atoms with Crippen molar-refractivity contribution in [3.8, 4) is 0 Å². The molecule has 1 N–H and O–H groups in total. The number of thioether (sulfide) groups is 1. The van der Waals surface area contributed by atoms with Crippen LogP contribution in [0.4, 0.5) is 0 Å². The van der Waals surface area contributed by atoms with Crippen LogP contribution in [0.5, 0.6) is 0 Å². The van der Waals surface area contributed by atoms with E-state index in [1.54, 1.807) is 6.92 Å². The predicted molar refractivity (Wildman–Crippen MR) is 186 cm³/mol. The second kappa shape index (κ2) is 12.7. The van der Waals surface area contributed by atoms with E-state index in [1.165, 1.54) is 22.9 Å². The van der Waals surface area contributed by atoms with Gasteiger partial charge in [-0.25, -0.2) is 0 Å². The summed E-state index contributed by atoms with van der Waals surface area (Å²) in [5.41, 5.74) is 3.82. The molecule has 3 fully saturated rings. The zero-order valence-corrected chi connectivity index (χ0v) is 32.0. The number of aliphatic hydroxyl groups excluding tert-OH is 1. The first-order valence-corrected chi connectivity index (χ1v) is 23.0. The molecule has 240 valence electrons. The molecule has 7 atom stereocenters. The third kappa shape index (κ3) is 7.67. The van der Waals surface area contributed by atoms with Gasteiger partial charge in [0.1, 0.15) is 0 Å². The average Bonchev–Trinajstić information content (AvgIpc) is 3.08. The van der Waals surface area contributed by atoms with Crippen LogP contribution in [0.2, 0.25) is 36.3 Å². The van der Waals surface area contributed by atoms with Crippen LogP contribution in [0.15, 0.2) is 35.5 Å². The molecule has 0 aromatic carbocycles. The van der Waals surface area contributed by atoms with Crippen LogP contribution in [-0.4, -0.2) is 50.4 Å². The van der Waals surface area contributed by atoms with Crippen LogP contribution < -0.4 is 0 Å². The van der Waals surface area contributed by atoms with Crippen LogP contribution >= 0.6 is 11.8 Å². The molecule has 3 unspecified atom stereocenters. The van der Waals surface area contributed by atoms with Crippen molar-refractivity contribution in [1.29, 1.82) is 0 Å². The minimum atomic E-state index is -2.01. The van der Waals surface area contributed by atoms with E-state index in [-0.39, 0.29) is 50.1 Å². The first kappa shape index (κ1) is 36.0. The van der Waals surface area contributed by atoms with E-state index in [2.05, 4.69) is 100 Å². The number of hydrogen-bond acceptors (Lipinski definition) is 5. The fraction of sp³-hybridized carbons (Fsp3) is 0.800. The number of carbonyl (C=O) groups is 1. The van der Waals surface area contributed by atoms with Gasteiger partial charge in [-0.3, -0.25) is 4.79 Å². The lowest BCUT2D eigenvalue weighted by Gasteiger charge is -2.45. The molecule has 42 heavy (non-hydrogen) atoms. The summed E-state index contributed by atoms with van der Waals surface area (Å²) in [6, 6.07) is 0. The zero-order valence-electron chi connectivity index (χ0n) is 29.1. The summed E-state index contributed by atoms with van der Waals surface area (Å²) >= 11 is 1.40. The molecule has 3 aliphatic rings. The zero-order chi connectivity index (χ0) is 32.1. The molecule has 0 bridgehead atoms. The van der Waals surface area contributed by atoms with Crippen LogP contribution in [0.3, 0.4) is 0 Å². The van der Waals surface area contributed by atoms with Crippen molar-refractivity contribution in [2.45, 2.75) is 161 Å². The van der Waals surface area contributed by atoms with Crippen molar-refractivity contribution in [1.82, 2.24) is 0 Å². The van der Waals surface area contributed by atoms with E-state index in [4.69, 9.17) is 8.85 Å². The van der Waals surface area contributed by atoms with Crippen molar-refractivity contribution >= 4 is 33.5 Å². The summed E-state index contributed by atoms with van der Waals surface area (Å²) in [4.78, 5) is 11.9. The Balaban J connectivity index is 1.95. The number of hydrogen-bond donors (Lipinski definition) is 1. The molecule has 4 nitrogen and oxygen atoms in total. The fourth-order valence-electron chi connectivity index (χ4n) is 7.24. The van der Waals surface area contributed by atoms with Crippen LogP contribution in [-0.2, 0) is 13.6 Å². The standard InChI is InChI=1S/C35H62O4SSi2/c1-23-27(18-17-26-16-15-19-35(10)29(26)22-30(37)32(35)24(2)40-25(3)36)20-28(38-41(11,12)33(4,5)6)21-31(23)39-42(13,14)34(7,8)9/h17-18,24,28-32,37H,1,15-16,19-22H2,2-14H3/t24-,28?,29-,30?,31?,32-,35-/m0/s1. The Labute approximate surface area is 264 Å². The first-order chi connectivity index (χ1) is 19.0. The van der Waals surface area contributed by atoms with Gasteiger partial charge in [0.05, 0.1) is 18.3 Å². The molecular weight excluding hydrogens is 573 g/mol. The van der Waals surface area contributed by atoms with Crippen molar-refractivity contribution in [2.75, 3.05) is 0 Å². The molecule has 0 heterocycles. The number of rotatable bonds is 7. The maximum absolute atomic E-state index is 11.9. The molecule has 3 rings (SSSR count). The minimum absolute atomic E-state index is 0.00933. The number of allylic oxidation sites excluding steroid dienone is 3. The highest BCUT2D eigenvalue weighted by Gasteiger charge is 2.55.